The molecule has 0 saturated carbocycles. The summed E-state index contributed by atoms with van der Waals surface area (Å²) in [4.78, 5) is 12.8. The Kier molecular flexibility index (Phi) is 5.34. The second-order valence-corrected chi connectivity index (χ2v) is 6.35. The average molecular weight is 373 g/mol. The Morgan fingerprint density at radius 1 is 1.25 bits per heavy atom. The van der Waals surface area contributed by atoms with Crippen molar-refractivity contribution in [3.63, 3.8) is 0 Å². The van der Waals surface area contributed by atoms with E-state index in [1.54, 1.807) is 6.07 Å². The van der Waals surface area contributed by atoms with Crippen molar-refractivity contribution in [1.29, 1.82) is 0 Å². The summed E-state index contributed by atoms with van der Waals surface area (Å²) in [7, 11) is 0. The Labute approximate surface area is 134 Å². The molecule has 0 aliphatic heterocycles. The predicted octanol–water partition coefficient (Wildman–Crippen LogP) is 4.54. The van der Waals surface area contributed by atoms with Crippen LogP contribution in [0.3, 0.4) is 0 Å². The number of nitrogens with one attached hydrogen (secondary N) is 1. The van der Waals surface area contributed by atoms with Crippen LogP contribution in [0.1, 0.15) is 0 Å². The molecule has 0 saturated heterocycles. The van der Waals surface area contributed by atoms with E-state index in [1.165, 1.54) is 23.9 Å². The quantitative estimate of drug-likeness (QED) is 0.612. The van der Waals surface area contributed by atoms with Gasteiger partial charge < -0.3 is 10.4 Å². The van der Waals surface area contributed by atoms with E-state index >= 15 is 0 Å². The number of carbonyl (C=O) groups excluding carboxylic acids is 1. The number of amides is 1. The molecule has 2 rings (SSSR count). The fourth-order valence-corrected chi connectivity index (χ4v) is 2.61. The Morgan fingerprint density at radius 3 is 2.65 bits per heavy atom. The summed E-state index contributed by atoms with van der Waals surface area (Å²) in [6.45, 7) is 0. The minimum Gasteiger partial charge on any atom is -0.506 e. The number of aromatic hydroxyl groups is 1. The maximum Gasteiger partial charge on any atom is 0.234 e. The highest BCUT2D eigenvalue weighted by atomic mass is 79.9. The summed E-state index contributed by atoms with van der Waals surface area (Å²) < 4.78 is 0.996. The molecule has 0 unspecified atom stereocenters. The molecule has 0 spiro atoms. The average Bonchev–Trinajstić information content (AvgIpc) is 2.42. The van der Waals surface area contributed by atoms with E-state index in [0.717, 1.165) is 9.37 Å². The molecule has 3 nitrogen and oxygen atoms in total. The highest BCUT2D eigenvalue weighted by molar-refractivity contribution is 9.10. The van der Waals surface area contributed by atoms with E-state index in [4.69, 9.17) is 11.6 Å². The van der Waals surface area contributed by atoms with Gasteiger partial charge in [-0.1, -0.05) is 27.5 Å². The number of thioether (sulfide) groups is 1. The SMILES string of the molecule is O=C(CSc1ccc(Br)cc1)Nc1cc(Cl)ccc1O. The fourth-order valence-electron chi connectivity index (χ4n) is 1.47. The van der Waals surface area contributed by atoms with Gasteiger partial charge in [0.05, 0.1) is 11.4 Å². The van der Waals surface area contributed by atoms with Crippen molar-refractivity contribution in [1.82, 2.24) is 0 Å². The molecule has 2 aromatic rings. The van der Waals surface area contributed by atoms with E-state index in [-0.39, 0.29) is 17.4 Å². The number of rotatable bonds is 4. The first kappa shape index (κ1) is 15.2. The molecule has 0 radical (unpaired) electrons. The molecule has 2 aromatic carbocycles. The molecule has 20 heavy (non-hydrogen) atoms. The number of phenols is 1. The van der Waals surface area contributed by atoms with E-state index in [1.807, 2.05) is 24.3 Å². The summed E-state index contributed by atoms with van der Waals surface area (Å²) in [5.74, 6) is 0.0556. The molecule has 0 bridgehead atoms. The number of hydrogen-bond acceptors (Lipinski definition) is 3. The number of hydrogen-bond donors (Lipinski definition) is 2. The fraction of sp³-hybridized carbons (Fsp3) is 0.0714. The van der Waals surface area contributed by atoms with Crippen molar-refractivity contribution in [3.8, 4) is 5.75 Å². The van der Waals surface area contributed by atoms with Crippen molar-refractivity contribution >= 4 is 50.9 Å². The largest absolute Gasteiger partial charge is 0.506 e. The van der Waals surface area contributed by atoms with E-state index in [2.05, 4.69) is 21.2 Å². The maximum absolute atomic E-state index is 11.8. The number of halogens is 2. The number of carbonyl (C=O) groups is 1. The van der Waals surface area contributed by atoms with E-state index in [9.17, 15) is 9.90 Å². The molecular formula is C14H11BrClNO2S. The van der Waals surface area contributed by atoms with Gasteiger partial charge in [-0.3, -0.25) is 4.79 Å². The zero-order valence-corrected chi connectivity index (χ0v) is 13.4. The summed E-state index contributed by atoms with van der Waals surface area (Å²) in [6.07, 6.45) is 0. The van der Waals surface area contributed by atoms with Crippen LogP contribution < -0.4 is 5.32 Å². The smallest absolute Gasteiger partial charge is 0.234 e. The van der Waals surface area contributed by atoms with Crippen molar-refractivity contribution in [2.45, 2.75) is 4.90 Å². The van der Waals surface area contributed by atoms with Crippen LogP contribution >= 0.6 is 39.3 Å². The van der Waals surface area contributed by atoms with Crippen LogP contribution in [-0.2, 0) is 4.79 Å². The van der Waals surface area contributed by atoms with Gasteiger partial charge in [0.1, 0.15) is 5.75 Å². The van der Waals surface area contributed by atoms with Crippen molar-refractivity contribution in [2.24, 2.45) is 0 Å². The first-order valence-corrected chi connectivity index (χ1v) is 7.87. The third-order valence-electron chi connectivity index (χ3n) is 2.42. The Morgan fingerprint density at radius 2 is 1.95 bits per heavy atom. The van der Waals surface area contributed by atoms with Gasteiger partial charge in [0.25, 0.3) is 0 Å². The summed E-state index contributed by atoms with van der Waals surface area (Å²) in [6, 6.07) is 12.2. The van der Waals surface area contributed by atoms with Gasteiger partial charge in [0, 0.05) is 14.4 Å². The number of anilines is 1. The second-order valence-electron chi connectivity index (χ2n) is 3.95. The van der Waals surface area contributed by atoms with Crippen molar-refractivity contribution in [3.05, 3.63) is 52.0 Å². The first-order valence-electron chi connectivity index (χ1n) is 5.71. The normalized spacial score (nSPS) is 10.3. The molecule has 104 valence electrons. The van der Waals surface area contributed by atoms with Gasteiger partial charge in [0.15, 0.2) is 0 Å². The zero-order valence-electron chi connectivity index (χ0n) is 10.3. The molecule has 2 N–H and O–H groups in total. The first-order chi connectivity index (χ1) is 9.54. The summed E-state index contributed by atoms with van der Waals surface area (Å²) in [5, 5.41) is 12.7. The minimum atomic E-state index is -0.199. The van der Waals surface area contributed by atoms with Crippen LogP contribution in [0.25, 0.3) is 0 Å². The molecule has 0 atom stereocenters. The van der Waals surface area contributed by atoms with Crippen LogP contribution in [-0.4, -0.2) is 16.8 Å². The zero-order chi connectivity index (χ0) is 14.5. The van der Waals surface area contributed by atoms with Crippen molar-refractivity contribution in [2.75, 3.05) is 11.1 Å². The lowest BCUT2D eigenvalue weighted by Crippen LogP contribution is -2.14. The van der Waals surface area contributed by atoms with Crippen LogP contribution in [0.5, 0.6) is 5.75 Å². The van der Waals surface area contributed by atoms with E-state index < -0.39 is 0 Å². The third kappa shape index (κ3) is 4.44. The molecule has 0 aromatic heterocycles. The Bertz CT molecular complexity index is 619. The van der Waals surface area contributed by atoms with Gasteiger partial charge in [-0.2, -0.15) is 0 Å². The van der Waals surface area contributed by atoms with Crippen LogP contribution in [0.15, 0.2) is 51.8 Å². The predicted molar refractivity (Wildman–Crippen MR) is 86.6 cm³/mol. The van der Waals surface area contributed by atoms with Gasteiger partial charge in [-0.25, -0.2) is 0 Å². The molecule has 0 aliphatic rings. The lowest BCUT2D eigenvalue weighted by molar-refractivity contribution is -0.113. The van der Waals surface area contributed by atoms with Crippen molar-refractivity contribution < 1.29 is 9.90 Å². The molecule has 6 heteroatoms. The second kappa shape index (κ2) is 7.02. The van der Waals surface area contributed by atoms with Gasteiger partial charge in [-0.05, 0) is 42.5 Å². The third-order valence-corrected chi connectivity index (χ3v) is 4.19. The van der Waals surface area contributed by atoms with Crippen LogP contribution in [0, 0.1) is 0 Å². The van der Waals surface area contributed by atoms with E-state index in [0.29, 0.717) is 10.7 Å². The van der Waals surface area contributed by atoms with Crippen LogP contribution in [0.4, 0.5) is 5.69 Å². The van der Waals surface area contributed by atoms with Gasteiger partial charge in [-0.15, -0.1) is 11.8 Å². The minimum absolute atomic E-state index is 0.00334. The highest BCUT2D eigenvalue weighted by Gasteiger charge is 2.07. The Hall–Kier alpha value is -1.17. The van der Waals surface area contributed by atoms with Gasteiger partial charge >= 0.3 is 0 Å². The van der Waals surface area contributed by atoms with Crippen LogP contribution in [0.2, 0.25) is 5.02 Å². The highest BCUT2D eigenvalue weighted by Crippen LogP contribution is 2.27. The molecule has 0 fully saturated rings. The lowest BCUT2D eigenvalue weighted by atomic mass is 10.3. The number of benzene rings is 2. The monoisotopic (exact) mass is 371 g/mol. The molecular weight excluding hydrogens is 362 g/mol. The standard InChI is InChI=1S/C14H11BrClNO2S/c15-9-1-4-11(5-2-9)20-8-14(19)17-12-7-10(16)3-6-13(12)18/h1-7,18H,8H2,(H,17,19). The molecule has 1 amide bonds. The molecule has 0 aliphatic carbocycles. The molecule has 0 heterocycles. The topological polar surface area (TPSA) is 49.3 Å². The Balaban J connectivity index is 1.92. The summed E-state index contributed by atoms with van der Waals surface area (Å²) >= 11 is 10.6. The lowest BCUT2D eigenvalue weighted by Gasteiger charge is -2.07. The summed E-state index contributed by atoms with van der Waals surface area (Å²) in [5.41, 5.74) is 0.318. The van der Waals surface area contributed by atoms with Gasteiger partial charge in [0.2, 0.25) is 5.91 Å². The number of phenolic OH excluding ortho intramolecular Hbond substituents is 1. The maximum atomic E-state index is 11.8.